The molecule has 1 amide bonds. The average molecular weight is 385 g/mol. The maximum Gasteiger partial charge on any atom is 0.414 e. The van der Waals surface area contributed by atoms with E-state index in [9.17, 15) is 4.79 Å². The summed E-state index contributed by atoms with van der Waals surface area (Å²) in [5, 5.41) is 0.668. The lowest BCUT2D eigenvalue weighted by Gasteiger charge is -2.33. The third kappa shape index (κ3) is 4.63. The summed E-state index contributed by atoms with van der Waals surface area (Å²) >= 11 is 5.93. The Kier molecular flexibility index (Phi) is 5.65. The number of ether oxygens (including phenoxy) is 1. The molecule has 0 spiro atoms. The van der Waals surface area contributed by atoms with Gasteiger partial charge in [0.15, 0.2) is 0 Å². The third-order valence-corrected chi connectivity index (χ3v) is 5.80. The molecule has 2 aliphatic heterocycles. The number of anilines is 1. The van der Waals surface area contributed by atoms with Gasteiger partial charge in [-0.15, -0.1) is 0 Å². The number of cyclic esters (lactones) is 1. The van der Waals surface area contributed by atoms with Gasteiger partial charge in [0.2, 0.25) is 0 Å². The second kappa shape index (κ2) is 8.32. The summed E-state index contributed by atoms with van der Waals surface area (Å²) < 4.78 is 5.60. The van der Waals surface area contributed by atoms with Crippen molar-refractivity contribution >= 4 is 23.4 Å². The number of carbonyl (C=O) groups is 1. The predicted molar refractivity (Wildman–Crippen MR) is 108 cm³/mol. The minimum Gasteiger partial charge on any atom is -0.443 e. The number of benzene rings is 2. The number of nitrogens with zero attached hydrogens (tertiary/aromatic N) is 2. The van der Waals surface area contributed by atoms with Crippen LogP contribution in [0, 0.1) is 5.92 Å². The van der Waals surface area contributed by atoms with Crippen LogP contribution < -0.4 is 4.90 Å². The molecule has 0 aliphatic carbocycles. The first-order chi connectivity index (χ1) is 13.2. The molecular weight excluding hydrogens is 360 g/mol. The van der Waals surface area contributed by atoms with Crippen LogP contribution in [-0.2, 0) is 11.2 Å². The van der Waals surface area contributed by atoms with Gasteiger partial charge in [0.25, 0.3) is 0 Å². The fraction of sp³-hybridized carbons (Fsp3) is 0.409. The lowest BCUT2D eigenvalue weighted by Crippen LogP contribution is -2.40. The second-order valence-electron chi connectivity index (χ2n) is 7.53. The Morgan fingerprint density at radius 3 is 2.41 bits per heavy atom. The molecule has 4 nitrogen and oxygen atoms in total. The van der Waals surface area contributed by atoms with Gasteiger partial charge in [-0.2, -0.15) is 0 Å². The summed E-state index contributed by atoms with van der Waals surface area (Å²) in [5.41, 5.74) is 2.27. The molecular formula is C22H25ClN2O2. The van der Waals surface area contributed by atoms with Crippen molar-refractivity contribution < 1.29 is 9.53 Å². The van der Waals surface area contributed by atoms with Crippen LogP contribution in [0.4, 0.5) is 10.5 Å². The third-order valence-electron chi connectivity index (χ3n) is 5.55. The highest BCUT2D eigenvalue weighted by Gasteiger charge is 2.34. The number of hydrogen-bond acceptors (Lipinski definition) is 3. The Morgan fingerprint density at radius 2 is 1.70 bits per heavy atom. The standard InChI is InChI=1S/C22H25ClN2O2/c23-19-6-8-20(9-7-19)25-16-21(27-22(25)26)15-24-12-10-18(11-13-24)14-17-4-2-1-3-5-17/h1-9,18,21H,10-16H2. The number of likely N-dealkylation sites (tertiary alicyclic amines) is 1. The van der Waals surface area contributed by atoms with E-state index < -0.39 is 0 Å². The van der Waals surface area contributed by atoms with Crippen molar-refractivity contribution in [2.24, 2.45) is 5.92 Å². The summed E-state index contributed by atoms with van der Waals surface area (Å²) in [6.07, 6.45) is 3.24. The van der Waals surface area contributed by atoms with Crippen LogP contribution in [0.5, 0.6) is 0 Å². The van der Waals surface area contributed by atoms with E-state index in [0.717, 1.165) is 37.7 Å². The lowest BCUT2D eigenvalue weighted by atomic mass is 9.90. The number of halogens is 1. The van der Waals surface area contributed by atoms with Crippen molar-refractivity contribution in [3.8, 4) is 0 Å². The van der Waals surface area contributed by atoms with Gasteiger partial charge < -0.3 is 4.74 Å². The van der Waals surface area contributed by atoms with Crippen LogP contribution in [-0.4, -0.2) is 43.3 Å². The fourth-order valence-electron chi connectivity index (χ4n) is 4.06. The molecule has 0 bridgehead atoms. The first-order valence-electron chi connectivity index (χ1n) is 9.67. The number of piperidine rings is 1. The van der Waals surface area contributed by atoms with Gasteiger partial charge in [0.05, 0.1) is 6.54 Å². The van der Waals surface area contributed by atoms with E-state index in [1.807, 2.05) is 12.1 Å². The van der Waals surface area contributed by atoms with Gasteiger partial charge in [-0.1, -0.05) is 41.9 Å². The molecule has 2 fully saturated rings. The molecule has 2 aromatic carbocycles. The normalized spacial score (nSPS) is 21.4. The molecule has 142 valence electrons. The van der Waals surface area contributed by atoms with E-state index in [1.165, 1.54) is 18.4 Å². The quantitative estimate of drug-likeness (QED) is 0.754. The molecule has 4 rings (SSSR count). The van der Waals surface area contributed by atoms with Crippen LogP contribution in [0.2, 0.25) is 5.02 Å². The monoisotopic (exact) mass is 384 g/mol. The SMILES string of the molecule is O=C1OC(CN2CCC(Cc3ccccc3)CC2)CN1c1ccc(Cl)cc1. The van der Waals surface area contributed by atoms with Crippen molar-refractivity contribution in [1.82, 2.24) is 4.90 Å². The van der Waals surface area contributed by atoms with E-state index >= 15 is 0 Å². The molecule has 1 atom stereocenters. The topological polar surface area (TPSA) is 32.8 Å². The highest BCUT2D eigenvalue weighted by atomic mass is 35.5. The molecule has 2 aromatic rings. The van der Waals surface area contributed by atoms with Gasteiger partial charge in [-0.3, -0.25) is 9.80 Å². The van der Waals surface area contributed by atoms with Gasteiger partial charge in [0, 0.05) is 17.3 Å². The average Bonchev–Trinajstić information content (AvgIpc) is 3.05. The molecule has 0 radical (unpaired) electrons. The second-order valence-corrected chi connectivity index (χ2v) is 7.96. The summed E-state index contributed by atoms with van der Waals surface area (Å²) in [5.74, 6) is 0.750. The molecule has 1 unspecified atom stereocenters. The molecule has 5 heteroatoms. The van der Waals surface area contributed by atoms with Gasteiger partial charge >= 0.3 is 6.09 Å². The van der Waals surface area contributed by atoms with Gasteiger partial charge in [-0.25, -0.2) is 4.79 Å². The Bertz CT molecular complexity index is 758. The lowest BCUT2D eigenvalue weighted by molar-refractivity contribution is 0.0914. The van der Waals surface area contributed by atoms with Crippen molar-refractivity contribution in [2.45, 2.75) is 25.4 Å². The molecule has 2 heterocycles. The zero-order valence-electron chi connectivity index (χ0n) is 15.4. The van der Waals surface area contributed by atoms with Crippen LogP contribution in [0.3, 0.4) is 0 Å². The minimum atomic E-state index is -0.263. The Morgan fingerprint density at radius 1 is 1.00 bits per heavy atom. The first kappa shape index (κ1) is 18.3. The molecule has 27 heavy (non-hydrogen) atoms. The van der Waals surface area contributed by atoms with Crippen molar-refractivity contribution in [3.63, 3.8) is 0 Å². The highest BCUT2D eigenvalue weighted by molar-refractivity contribution is 6.30. The van der Waals surface area contributed by atoms with Crippen LogP contribution in [0.25, 0.3) is 0 Å². The molecule has 0 N–H and O–H groups in total. The molecule has 0 saturated carbocycles. The molecule has 0 aromatic heterocycles. The van der Waals surface area contributed by atoms with E-state index in [1.54, 1.807) is 17.0 Å². The number of hydrogen-bond donors (Lipinski definition) is 0. The largest absolute Gasteiger partial charge is 0.443 e. The number of carbonyl (C=O) groups excluding carboxylic acids is 1. The Labute approximate surface area is 165 Å². The first-order valence-corrected chi connectivity index (χ1v) is 10.0. The number of amides is 1. The molecule has 2 saturated heterocycles. The van der Waals surface area contributed by atoms with E-state index in [2.05, 4.69) is 35.2 Å². The Hall–Kier alpha value is -2.04. The predicted octanol–water partition coefficient (Wildman–Crippen LogP) is 4.62. The zero-order chi connectivity index (χ0) is 18.6. The van der Waals surface area contributed by atoms with Crippen molar-refractivity contribution in [2.75, 3.05) is 31.1 Å². The summed E-state index contributed by atoms with van der Waals surface area (Å²) in [6, 6.07) is 18.1. The highest BCUT2D eigenvalue weighted by Crippen LogP contribution is 2.26. The molecule has 2 aliphatic rings. The van der Waals surface area contributed by atoms with Crippen LogP contribution in [0.1, 0.15) is 18.4 Å². The van der Waals surface area contributed by atoms with Crippen LogP contribution >= 0.6 is 11.6 Å². The fourth-order valence-corrected chi connectivity index (χ4v) is 4.18. The maximum absolute atomic E-state index is 12.2. The van der Waals surface area contributed by atoms with E-state index in [4.69, 9.17) is 16.3 Å². The smallest absolute Gasteiger partial charge is 0.414 e. The maximum atomic E-state index is 12.2. The zero-order valence-corrected chi connectivity index (χ0v) is 16.1. The summed E-state index contributed by atoms with van der Waals surface area (Å²) in [6.45, 7) is 3.57. The Balaban J connectivity index is 1.26. The van der Waals surface area contributed by atoms with Crippen LogP contribution in [0.15, 0.2) is 54.6 Å². The summed E-state index contributed by atoms with van der Waals surface area (Å²) in [4.78, 5) is 16.4. The van der Waals surface area contributed by atoms with Gasteiger partial charge in [-0.05, 0) is 68.1 Å². The minimum absolute atomic E-state index is 0.0705. The summed E-state index contributed by atoms with van der Waals surface area (Å²) in [7, 11) is 0. The van der Waals surface area contributed by atoms with Crippen molar-refractivity contribution in [3.05, 3.63) is 65.2 Å². The van der Waals surface area contributed by atoms with E-state index in [0.29, 0.717) is 11.6 Å². The van der Waals surface area contributed by atoms with Gasteiger partial charge in [0.1, 0.15) is 6.10 Å². The van der Waals surface area contributed by atoms with Crippen molar-refractivity contribution in [1.29, 1.82) is 0 Å². The van der Waals surface area contributed by atoms with E-state index in [-0.39, 0.29) is 12.2 Å². The number of rotatable bonds is 5.